The van der Waals surface area contributed by atoms with Gasteiger partial charge < -0.3 is 19.2 Å². The molecule has 0 bridgehead atoms. The number of rotatable bonds is 10. The van der Waals surface area contributed by atoms with Crippen molar-refractivity contribution < 1.29 is 4.42 Å². The van der Waals surface area contributed by atoms with Crippen LogP contribution in [0, 0.1) is 0 Å². The minimum atomic E-state index is 0.176. The zero-order valence-corrected chi connectivity index (χ0v) is 32.9. The zero-order valence-electron chi connectivity index (χ0n) is 32.9. The predicted octanol–water partition coefficient (Wildman–Crippen LogP) is 14.3. The number of anilines is 2. The number of benzene rings is 7. The largest absolute Gasteiger partial charge is 0.456 e. The van der Waals surface area contributed by atoms with Crippen molar-refractivity contribution in [3.05, 3.63) is 199 Å². The number of aromatic nitrogens is 1. The summed E-state index contributed by atoms with van der Waals surface area (Å²) in [5, 5.41) is 8.14. The number of furan rings is 1. The van der Waals surface area contributed by atoms with Crippen molar-refractivity contribution in [1.82, 2.24) is 9.88 Å². The van der Waals surface area contributed by atoms with Crippen LogP contribution in [0.15, 0.2) is 198 Å². The number of hydrogen-bond acceptors (Lipinski definition) is 3. The number of allylic oxidation sites excluding steroid dienone is 5. The topological polar surface area (TPSA) is 33.3 Å². The molecule has 0 radical (unpaired) electrons. The maximum absolute atomic E-state index is 6.16. The Balaban J connectivity index is 1.06. The molecule has 0 fully saturated rings. The van der Waals surface area contributed by atoms with Crippen LogP contribution in [0.1, 0.15) is 31.4 Å². The Kier molecular flexibility index (Phi) is 9.23. The molecule has 2 heterocycles. The van der Waals surface area contributed by atoms with Crippen molar-refractivity contribution in [2.24, 2.45) is 0 Å². The minimum absolute atomic E-state index is 0.176. The van der Waals surface area contributed by atoms with Crippen LogP contribution in [0.5, 0.6) is 0 Å². The average molecular weight is 752 g/mol. The van der Waals surface area contributed by atoms with Gasteiger partial charge in [-0.2, -0.15) is 0 Å². The maximum atomic E-state index is 6.16. The van der Waals surface area contributed by atoms with E-state index in [2.05, 4.69) is 205 Å². The second kappa shape index (κ2) is 15.1. The smallest absolute Gasteiger partial charge is 0.135 e. The highest BCUT2D eigenvalue weighted by molar-refractivity contribution is 6.10. The molecule has 1 aliphatic carbocycles. The normalized spacial score (nSPS) is 14.4. The molecule has 1 N–H and O–H groups in total. The predicted molar refractivity (Wildman–Crippen MR) is 246 cm³/mol. The lowest BCUT2D eigenvalue weighted by molar-refractivity contribution is 0.650. The standard InChI is InChI=1S/C54H45N3O/c1-3-55-30-14-15-37-31-42(38-16-6-4-7-17-38)33-44(32-37)57-51-22-12-10-20-45(51)48-35-41(25-28-52(48)57)40-24-27-50(47(34-40)39-18-8-5-9-19-39)56(2)43-26-29-54-49(36-43)46-21-11-13-23-53(46)58-54/h4-14,16-32,34-36,44,55H,3,15,33H2,1-2H3/b30-14-. The third-order valence-corrected chi connectivity index (χ3v) is 11.7. The summed E-state index contributed by atoms with van der Waals surface area (Å²) in [6, 6.07) is 59.4. The van der Waals surface area contributed by atoms with Crippen LogP contribution in [0.4, 0.5) is 11.4 Å². The quantitative estimate of drug-likeness (QED) is 0.151. The molecule has 4 heteroatoms. The summed E-state index contributed by atoms with van der Waals surface area (Å²) in [4.78, 5) is 2.30. The van der Waals surface area contributed by atoms with Gasteiger partial charge in [0.05, 0.1) is 6.04 Å². The molecule has 0 spiro atoms. The van der Waals surface area contributed by atoms with Gasteiger partial charge in [-0.05, 0) is 114 Å². The molecule has 0 amide bonds. The Morgan fingerprint density at radius 1 is 0.638 bits per heavy atom. The number of fused-ring (bicyclic) bond motifs is 6. The third kappa shape index (κ3) is 6.47. The molecule has 4 nitrogen and oxygen atoms in total. The first-order valence-corrected chi connectivity index (χ1v) is 20.4. The summed E-state index contributed by atoms with van der Waals surface area (Å²) in [5.41, 5.74) is 15.3. The lowest BCUT2D eigenvalue weighted by Crippen LogP contribution is -2.11. The van der Waals surface area contributed by atoms with Crippen LogP contribution in [0.2, 0.25) is 0 Å². The first kappa shape index (κ1) is 35.4. The van der Waals surface area contributed by atoms with Crippen LogP contribution >= 0.6 is 0 Å². The SMILES string of the molecule is CCN/C=C\CC1=CC(n2c3ccccc3c3cc(-c4ccc(N(C)c5ccc6oc7ccccc7c6c5)c(-c5ccccc5)c4)ccc32)CC(c2ccccc2)=C1. The number of hydrogen-bond donors (Lipinski definition) is 1. The molecule has 1 atom stereocenters. The molecular weight excluding hydrogens is 707 g/mol. The number of para-hydroxylation sites is 2. The molecule has 0 saturated heterocycles. The van der Waals surface area contributed by atoms with Gasteiger partial charge in [-0.15, -0.1) is 0 Å². The van der Waals surface area contributed by atoms with E-state index in [0.29, 0.717) is 0 Å². The molecule has 1 unspecified atom stereocenters. The van der Waals surface area contributed by atoms with Gasteiger partial charge in [0.2, 0.25) is 0 Å². The minimum Gasteiger partial charge on any atom is -0.456 e. The van der Waals surface area contributed by atoms with Gasteiger partial charge in [-0.3, -0.25) is 0 Å². The fraction of sp³-hybridized carbons (Fsp3) is 0.111. The van der Waals surface area contributed by atoms with E-state index in [9.17, 15) is 0 Å². The summed E-state index contributed by atoms with van der Waals surface area (Å²) < 4.78 is 8.74. The summed E-state index contributed by atoms with van der Waals surface area (Å²) >= 11 is 0. The Labute approximate surface area is 339 Å². The fourth-order valence-electron chi connectivity index (χ4n) is 8.86. The third-order valence-electron chi connectivity index (χ3n) is 11.7. The Morgan fingerprint density at radius 3 is 2.16 bits per heavy atom. The van der Waals surface area contributed by atoms with E-state index in [-0.39, 0.29) is 6.04 Å². The monoisotopic (exact) mass is 751 g/mol. The van der Waals surface area contributed by atoms with E-state index in [1.807, 2.05) is 12.1 Å². The van der Waals surface area contributed by atoms with E-state index in [0.717, 1.165) is 52.7 Å². The molecule has 0 aliphatic heterocycles. The lowest BCUT2D eigenvalue weighted by atomic mass is 9.89. The number of nitrogens with one attached hydrogen (secondary N) is 1. The average Bonchev–Trinajstić information content (AvgIpc) is 3.83. The van der Waals surface area contributed by atoms with Crippen molar-refractivity contribution in [3.63, 3.8) is 0 Å². The van der Waals surface area contributed by atoms with Gasteiger partial charge in [0.1, 0.15) is 11.2 Å². The van der Waals surface area contributed by atoms with Crippen molar-refractivity contribution in [2.45, 2.75) is 25.8 Å². The lowest BCUT2D eigenvalue weighted by Gasteiger charge is -2.25. The fourth-order valence-corrected chi connectivity index (χ4v) is 8.86. The van der Waals surface area contributed by atoms with Gasteiger partial charge in [-0.1, -0.05) is 127 Å². The molecule has 0 saturated carbocycles. The zero-order chi connectivity index (χ0) is 39.0. The van der Waals surface area contributed by atoms with Crippen LogP contribution in [0.25, 0.3) is 71.6 Å². The van der Waals surface area contributed by atoms with E-state index in [1.54, 1.807) is 0 Å². The molecule has 2 aromatic heterocycles. The van der Waals surface area contributed by atoms with E-state index in [1.165, 1.54) is 60.8 Å². The molecule has 282 valence electrons. The highest BCUT2D eigenvalue weighted by atomic mass is 16.3. The summed E-state index contributed by atoms with van der Waals surface area (Å²) in [5.74, 6) is 0. The van der Waals surface area contributed by atoms with Crippen molar-refractivity contribution in [3.8, 4) is 22.3 Å². The van der Waals surface area contributed by atoms with Gasteiger partial charge in [0.25, 0.3) is 0 Å². The summed E-state index contributed by atoms with van der Waals surface area (Å²) in [6.07, 6.45) is 11.0. The first-order chi connectivity index (χ1) is 28.6. The van der Waals surface area contributed by atoms with E-state index >= 15 is 0 Å². The molecular formula is C54H45N3O. The Bertz CT molecular complexity index is 3040. The van der Waals surface area contributed by atoms with Crippen LogP contribution in [-0.4, -0.2) is 18.2 Å². The van der Waals surface area contributed by atoms with Crippen molar-refractivity contribution in [1.29, 1.82) is 0 Å². The second-order valence-electron chi connectivity index (χ2n) is 15.3. The van der Waals surface area contributed by atoms with Crippen molar-refractivity contribution in [2.75, 3.05) is 18.5 Å². The second-order valence-corrected chi connectivity index (χ2v) is 15.3. The first-order valence-electron chi connectivity index (χ1n) is 20.4. The molecule has 1 aliphatic rings. The molecule has 9 aromatic rings. The van der Waals surface area contributed by atoms with E-state index < -0.39 is 0 Å². The van der Waals surface area contributed by atoms with Crippen molar-refractivity contribution >= 4 is 60.7 Å². The van der Waals surface area contributed by atoms with Crippen LogP contribution in [-0.2, 0) is 0 Å². The Morgan fingerprint density at radius 2 is 1.33 bits per heavy atom. The van der Waals surface area contributed by atoms with Gasteiger partial charge in [0, 0.05) is 63.1 Å². The van der Waals surface area contributed by atoms with Gasteiger partial charge in [0.15, 0.2) is 0 Å². The highest BCUT2D eigenvalue weighted by Gasteiger charge is 2.23. The van der Waals surface area contributed by atoms with Gasteiger partial charge in [-0.25, -0.2) is 0 Å². The van der Waals surface area contributed by atoms with E-state index in [4.69, 9.17) is 4.42 Å². The van der Waals surface area contributed by atoms with Crippen LogP contribution in [0.3, 0.4) is 0 Å². The van der Waals surface area contributed by atoms with Crippen LogP contribution < -0.4 is 10.2 Å². The highest BCUT2D eigenvalue weighted by Crippen LogP contribution is 2.43. The molecule has 58 heavy (non-hydrogen) atoms. The molecule has 7 aromatic carbocycles. The maximum Gasteiger partial charge on any atom is 0.135 e. The summed E-state index contributed by atoms with van der Waals surface area (Å²) in [6.45, 7) is 3.05. The molecule has 10 rings (SSSR count). The summed E-state index contributed by atoms with van der Waals surface area (Å²) in [7, 11) is 2.16. The number of nitrogens with zero attached hydrogens (tertiary/aromatic N) is 2. The van der Waals surface area contributed by atoms with Gasteiger partial charge >= 0.3 is 0 Å². The Hall–Kier alpha value is -7.04.